The van der Waals surface area contributed by atoms with Gasteiger partial charge in [0.15, 0.2) is 0 Å². The molecule has 2 aliphatic heterocycles. The molecule has 7 nitrogen and oxygen atoms in total. The van der Waals surface area contributed by atoms with E-state index in [9.17, 15) is 22.4 Å². The van der Waals surface area contributed by atoms with E-state index in [2.05, 4.69) is 26.0 Å². The molecule has 3 fully saturated rings. The molecule has 3 N–H and O–H groups in total. The van der Waals surface area contributed by atoms with Gasteiger partial charge in [-0.05, 0) is 49.4 Å². The van der Waals surface area contributed by atoms with Crippen LogP contribution in [0, 0.1) is 17.7 Å². The molecule has 3 aliphatic rings. The Morgan fingerprint density at radius 3 is 2.55 bits per heavy atom. The number of nitrogens with zero attached hydrogens (tertiary/aromatic N) is 3. The number of alkyl halides is 3. The number of aromatic nitrogens is 2. The Balaban J connectivity index is 1.37. The van der Waals surface area contributed by atoms with Crippen molar-refractivity contribution in [3.05, 3.63) is 59.4 Å². The third-order valence-corrected chi connectivity index (χ3v) is 6.62. The number of hydrazine groups is 1. The molecule has 4 heterocycles. The van der Waals surface area contributed by atoms with Gasteiger partial charge in [-0.3, -0.25) is 20.1 Å². The fourth-order valence-electron chi connectivity index (χ4n) is 4.74. The SMILES string of the molecule is CC(c1ccc(C(F)(F)F)nc1)N1NC(C2CC2)C2C(=O)NC(Cc3ccc(F)cn3)NC21. The van der Waals surface area contributed by atoms with Gasteiger partial charge in [0.25, 0.3) is 0 Å². The molecule has 5 atom stereocenters. The molecule has 0 radical (unpaired) electrons. The maximum atomic E-state index is 13.2. The Morgan fingerprint density at radius 1 is 1.15 bits per heavy atom. The van der Waals surface area contributed by atoms with Crippen molar-refractivity contribution in [1.82, 2.24) is 31.0 Å². The van der Waals surface area contributed by atoms with Crippen LogP contribution in [0.25, 0.3) is 0 Å². The molecule has 0 spiro atoms. The minimum absolute atomic E-state index is 0.0581. The lowest BCUT2D eigenvalue weighted by Gasteiger charge is -2.39. The summed E-state index contributed by atoms with van der Waals surface area (Å²) in [6.07, 6.45) is -0.494. The molecule has 176 valence electrons. The van der Waals surface area contributed by atoms with Crippen molar-refractivity contribution in [1.29, 1.82) is 0 Å². The minimum Gasteiger partial charge on any atom is -0.340 e. The van der Waals surface area contributed by atoms with Crippen molar-refractivity contribution in [3.63, 3.8) is 0 Å². The lowest BCUT2D eigenvalue weighted by atomic mass is 9.91. The van der Waals surface area contributed by atoms with Crippen LogP contribution in [0.3, 0.4) is 0 Å². The normalized spacial score (nSPS) is 28.9. The zero-order chi connectivity index (χ0) is 23.3. The number of carbonyl (C=O) groups is 1. The van der Waals surface area contributed by atoms with Crippen molar-refractivity contribution < 1.29 is 22.4 Å². The topological polar surface area (TPSA) is 82.2 Å². The third-order valence-electron chi connectivity index (χ3n) is 6.62. The summed E-state index contributed by atoms with van der Waals surface area (Å²) in [6.45, 7) is 1.87. The average molecular weight is 464 g/mol. The second-order valence-electron chi connectivity index (χ2n) is 8.92. The number of pyridine rings is 2. The van der Waals surface area contributed by atoms with Gasteiger partial charge in [0.05, 0.1) is 24.4 Å². The molecular weight excluding hydrogens is 440 g/mol. The van der Waals surface area contributed by atoms with Crippen molar-refractivity contribution >= 4 is 5.91 Å². The van der Waals surface area contributed by atoms with E-state index in [-0.39, 0.29) is 30.1 Å². The molecular formula is C22H24F4N6O. The van der Waals surface area contributed by atoms with Gasteiger partial charge in [0, 0.05) is 30.4 Å². The predicted molar refractivity (Wildman–Crippen MR) is 109 cm³/mol. The standard InChI is InChI=1S/C22H24F4N6O/c1-11(13-4-7-16(28-9-13)22(24,25)26)32-20-18(19(31-32)12-2-3-12)21(33)30-17(29-20)8-15-6-5-14(23)10-27-15/h4-7,9-12,17-20,29,31H,2-3,8H2,1H3,(H,30,33). The molecule has 0 bridgehead atoms. The second kappa shape index (κ2) is 8.30. The van der Waals surface area contributed by atoms with Gasteiger partial charge in [-0.2, -0.15) is 13.2 Å². The highest BCUT2D eigenvalue weighted by molar-refractivity contribution is 5.81. The van der Waals surface area contributed by atoms with E-state index in [4.69, 9.17) is 0 Å². The molecule has 2 aromatic heterocycles. The lowest BCUT2D eigenvalue weighted by molar-refractivity contribution is -0.141. The van der Waals surface area contributed by atoms with Crippen LogP contribution in [0.2, 0.25) is 0 Å². The van der Waals surface area contributed by atoms with Gasteiger partial charge in [-0.15, -0.1) is 0 Å². The number of rotatable bonds is 5. The monoisotopic (exact) mass is 464 g/mol. The summed E-state index contributed by atoms with van der Waals surface area (Å²) in [7, 11) is 0. The van der Waals surface area contributed by atoms with Crippen molar-refractivity contribution in [2.24, 2.45) is 11.8 Å². The number of nitrogens with one attached hydrogen (secondary N) is 3. The second-order valence-corrected chi connectivity index (χ2v) is 8.92. The molecule has 1 amide bonds. The van der Waals surface area contributed by atoms with E-state index in [1.165, 1.54) is 18.3 Å². The largest absolute Gasteiger partial charge is 0.433 e. The van der Waals surface area contributed by atoms with E-state index in [1.807, 2.05) is 11.9 Å². The van der Waals surface area contributed by atoms with E-state index >= 15 is 0 Å². The van der Waals surface area contributed by atoms with Crippen LogP contribution in [0.4, 0.5) is 17.6 Å². The fraction of sp³-hybridized carbons (Fsp3) is 0.500. The van der Waals surface area contributed by atoms with Gasteiger partial charge in [0.1, 0.15) is 11.5 Å². The maximum Gasteiger partial charge on any atom is 0.433 e. The van der Waals surface area contributed by atoms with Crippen LogP contribution in [0.15, 0.2) is 36.7 Å². The zero-order valence-corrected chi connectivity index (χ0v) is 17.8. The smallest absolute Gasteiger partial charge is 0.340 e. The molecule has 2 aromatic rings. The Labute approximate surface area is 187 Å². The fourth-order valence-corrected chi connectivity index (χ4v) is 4.74. The first-order chi connectivity index (χ1) is 15.7. The van der Waals surface area contributed by atoms with Crippen LogP contribution >= 0.6 is 0 Å². The lowest BCUT2D eigenvalue weighted by Crippen LogP contribution is -2.65. The van der Waals surface area contributed by atoms with Crippen molar-refractivity contribution in [2.75, 3.05) is 0 Å². The van der Waals surface area contributed by atoms with Gasteiger partial charge >= 0.3 is 6.18 Å². The molecule has 33 heavy (non-hydrogen) atoms. The summed E-state index contributed by atoms with van der Waals surface area (Å²) in [5, 5.41) is 8.37. The van der Waals surface area contributed by atoms with E-state index in [1.54, 1.807) is 6.07 Å². The van der Waals surface area contributed by atoms with Crippen LogP contribution in [0.5, 0.6) is 0 Å². The molecule has 0 aromatic carbocycles. The van der Waals surface area contributed by atoms with Crippen LogP contribution < -0.4 is 16.1 Å². The van der Waals surface area contributed by atoms with Gasteiger partial charge in [-0.25, -0.2) is 14.8 Å². The quantitative estimate of drug-likeness (QED) is 0.590. The molecule has 2 saturated heterocycles. The van der Waals surface area contributed by atoms with Gasteiger partial charge in [-0.1, -0.05) is 6.07 Å². The summed E-state index contributed by atoms with van der Waals surface area (Å²) in [5.41, 5.74) is 3.75. The number of hydrogen-bond donors (Lipinski definition) is 3. The number of hydrogen-bond acceptors (Lipinski definition) is 6. The third kappa shape index (κ3) is 4.44. The Bertz CT molecular complexity index is 1010. The summed E-state index contributed by atoms with van der Waals surface area (Å²) in [4.78, 5) is 20.8. The highest BCUT2D eigenvalue weighted by Crippen LogP contribution is 2.43. The Hall–Kier alpha value is -2.63. The average Bonchev–Trinajstić information content (AvgIpc) is 3.55. The first kappa shape index (κ1) is 22.2. The van der Waals surface area contributed by atoms with E-state index in [0.29, 0.717) is 23.6 Å². The van der Waals surface area contributed by atoms with E-state index < -0.39 is 23.9 Å². The number of carbonyl (C=O) groups excluding carboxylic acids is 1. The van der Waals surface area contributed by atoms with Crippen molar-refractivity contribution in [2.45, 2.75) is 56.8 Å². The van der Waals surface area contributed by atoms with E-state index in [0.717, 1.165) is 25.1 Å². The predicted octanol–water partition coefficient (Wildman–Crippen LogP) is 2.52. The molecule has 5 unspecified atom stereocenters. The molecule has 1 saturated carbocycles. The van der Waals surface area contributed by atoms with Gasteiger partial charge in [0.2, 0.25) is 5.91 Å². The molecule has 11 heteroatoms. The zero-order valence-electron chi connectivity index (χ0n) is 17.8. The summed E-state index contributed by atoms with van der Waals surface area (Å²) >= 11 is 0. The summed E-state index contributed by atoms with van der Waals surface area (Å²) in [5.74, 6) is -0.490. The first-order valence-electron chi connectivity index (χ1n) is 11.0. The Morgan fingerprint density at radius 2 is 1.94 bits per heavy atom. The highest BCUT2D eigenvalue weighted by atomic mass is 19.4. The number of fused-ring (bicyclic) bond motifs is 1. The van der Waals surface area contributed by atoms with Gasteiger partial charge < -0.3 is 5.32 Å². The van der Waals surface area contributed by atoms with Crippen molar-refractivity contribution in [3.8, 4) is 0 Å². The maximum absolute atomic E-state index is 13.2. The first-order valence-corrected chi connectivity index (χ1v) is 11.0. The molecule has 1 aliphatic carbocycles. The van der Waals surface area contributed by atoms with Crippen LogP contribution in [-0.2, 0) is 17.4 Å². The van der Waals surface area contributed by atoms with Crippen LogP contribution in [0.1, 0.15) is 42.8 Å². The number of halogens is 4. The van der Waals surface area contributed by atoms with Crippen LogP contribution in [-0.4, -0.2) is 39.3 Å². The number of amides is 1. The molecule has 5 rings (SSSR count). The Kier molecular flexibility index (Phi) is 5.58. The summed E-state index contributed by atoms with van der Waals surface area (Å²) in [6, 6.07) is 4.90. The highest BCUT2D eigenvalue weighted by Gasteiger charge is 2.55. The minimum atomic E-state index is -4.50. The summed E-state index contributed by atoms with van der Waals surface area (Å²) < 4.78 is 51.9.